The monoisotopic (exact) mass is 597 g/mol. The summed E-state index contributed by atoms with van der Waals surface area (Å²) < 4.78 is 11.9. The Morgan fingerprint density at radius 3 is 2.23 bits per heavy atom. The van der Waals surface area contributed by atoms with Gasteiger partial charge in [-0.25, -0.2) is 0 Å². The molecule has 0 bridgehead atoms. The van der Waals surface area contributed by atoms with Crippen molar-refractivity contribution < 1.29 is 24.8 Å². The molecule has 6 nitrogen and oxygen atoms in total. The van der Waals surface area contributed by atoms with E-state index in [1.807, 2.05) is 24.3 Å². The zero-order valence-corrected chi connectivity index (χ0v) is 25.7. The molecule has 4 rings (SSSR count). The molecule has 0 unspecified atom stereocenters. The molecule has 0 fully saturated rings. The van der Waals surface area contributed by atoms with Crippen molar-refractivity contribution in [2.45, 2.75) is 64.3 Å². The number of hydrogen-bond acceptors (Lipinski definition) is 6. The Labute approximate surface area is 262 Å². The zero-order valence-electron chi connectivity index (χ0n) is 25.7. The number of unbranched alkanes of at least 4 members (excludes halogenated alkanes) is 4. The first-order chi connectivity index (χ1) is 21.6. The van der Waals surface area contributed by atoms with E-state index in [1.54, 1.807) is 12.1 Å². The van der Waals surface area contributed by atoms with Gasteiger partial charge in [0.1, 0.15) is 18.1 Å². The summed E-state index contributed by atoms with van der Waals surface area (Å²) in [5, 5.41) is 32.5. The minimum absolute atomic E-state index is 0.0470. The largest absolute Gasteiger partial charge is 0.508 e. The Kier molecular flexibility index (Phi) is 14.2. The number of hydrogen-bond donors (Lipinski definition) is 4. The highest BCUT2D eigenvalue weighted by Crippen LogP contribution is 2.26. The van der Waals surface area contributed by atoms with E-state index in [1.165, 1.54) is 22.8 Å². The maximum Gasteiger partial charge on any atom is 0.121 e. The molecule has 0 aliphatic rings. The van der Waals surface area contributed by atoms with E-state index >= 15 is 0 Å². The van der Waals surface area contributed by atoms with Gasteiger partial charge in [0.25, 0.3) is 0 Å². The van der Waals surface area contributed by atoms with Crippen LogP contribution in [0.15, 0.2) is 97.1 Å². The van der Waals surface area contributed by atoms with Crippen molar-refractivity contribution in [1.82, 2.24) is 5.32 Å². The minimum Gasteiger partial charge on any atom is -0.508 e. The lowest BCUT2D eigenvalue weighted by Gasteiger charge is -2.14. The van der Waals surface area contributed by atoms with Gasteiger partial charge in [-0.05, 0) is 90.7 Å². The van der Waals surface area contributed by atoms with Gasteiger partial charge in [-0.1, -0.05) is 85.6 Å². The minimum atomic E-state index is -0.666. The van der Waals surface area contributed by atoms with Gasteiger partial charge in [0.2, 0.25) is 0 Å². The predicted molar refractivity (Wildman–Crippen MR) is 177 cm³/mol. The van der Waals surface area contributed by atoms with Crippen molar-refractivity contribution in [3.05, 3.63) is 119 Å². The summed E-state index contributed by atoms with van der Waals surface area (Å²) in [6.45, 7) is 3.21. The number of aryl methyl sites for hydroxylation is 1. The summed E-state index contributed by atoms with van der Waals surface area (Å²) in [6, 6.07) is 32.2. The quantitative estimate of drug-likeness (QED) is 0.0797. The number of ether oxygens (including phenoxy) is 2. The Hall–Kier alpha value is -3.68. The number of benzene rings is 4. The summed E-state index contributed by atoms with van der Waals surface area (Å²) in [4.78, 5) is 0. The summed E-state index contributed by atoms with van der Waals surface area (Å²) in [5.41, 5.74) is 6.00. The summed E-state index contributed by atoms with van der Waals surface area (Å²) in [7, 11) is 0. The van der Waals surface area contributed by atoms with Crippen molar-refractivity contribution >= 4 is 0 Å². The topological polar surface area (TPSA) is 91.2 Å². The first-order valence-electron chi connectivity index (χ1n) is 15.9. The second-order valence-corrected chi connectivity index (χ2v) is 11.3. The number of aromatic hydroxyl groups is 1. The maximum absolute atomic E-state index is 10.3. The van der Waals surface area contributed by atoms with Gasteiger partial charge >= 0.3 is 0 Å². The van der Waals surface area contributed by atoms with Crippen LogP contribution < -0.4 is 10.1 Å². The fraction of sp³-hybridized carbons (Fsp3) is 0.368. The standard InChI is InChI=1S/C38H47NO5/c40-28-35-25-34(19-20-37(35)41)38(42)27-39-21-7-1-2-8-22-43-23-9-6-12-30-15-10-16-32(24-30)33-17-11-18-36(26-33)44-29-31-13-4-3-5-14-31/h3-5,10-11,13-20,24-26,38-42H,1-2,6-9,12,21-23,27-29H2/t38-/m0/s1. The van der Waals surface area contributed by atoms with Crippen molar-refractivity contribution in [3.63, 3.8) is 0 Å². The number of rotatable bonds is 20. The first kappa shape index (κ1) is 33.2. The fourth-order valence-electron chi connectivity index (χ4n) is 5.15. The van der Waals surface area contributed by atoms with Crippen LogP contribution in [0.5, 0.6) is 11.5 Å². The van der Waals surface area contributed by atoms with Crippen LogP contribution in [0.3, 0.4) is 0 Å². The summed E-state index contributed by atoms with van der Waals surface area (Å²) in [6.07, 6.45) is 6.91. The molecule has 4 N–H and O–H groups in total. The van der Waals surface area contributed by atoms with E-state index in [-0.39, 0.29) is 12.4 Å². The molecule has 0 heterocycles. The van der Waals surface area contributed by atoms with Crippen molar-refractivity contribution in [3.8, 4) is 22.6 Å². The molecule has 0 radical (unpaired) electrons. The van der Waals surface area contributed by atoms with Crippen LogP contribution in [0, 0.1) is 0 Å². The molecule has 234 valence electrons. The van der Waals surface area contributed by atoms with Gasteiger partial charge < -0.3 is 30.1 Å². The van der Waals surface area contributed by atoms with Crippen molar-refractivity contribution in [2.75, 3.05) is 26.3 Å². The first-order valence-corrected chi connectivity index (χ1v) is 15.9. The number of aliphatic hydroxyl groups excluding tert-OH is 2. The third-order valence-corrected chi connectivity index (χ3v) is 7.74. The van der Waals surface area contributed by atoms with Crippen LogP contribution in [0.2, 0.25) is 0 Å². The van der Waals surface area contributed by atoms with Gasteiger partial charge in [0, 0.05) is 25.3 Å². The normalized spacial score (nSPS) is 11.9. The van der Waals surface area contributed by atoms with Crippen molar-refractivity contribution in [1.29, 1.82) is 0 Å². The molecule has 1 atom stereocenters. The second kappa shape index (κ2) is 18.9. The number of aliphatic hydroxyl groups is 2. The molecule has 0 aromatic heterocycles. The highest BCUT2D eigenvalue weighted by molar-refractivity contribution is 5.65. The average molecular weight is 598 g/mol. The Morgan fingerprint density at radius 1 is 0.682 bits per heavy atom. The van der Waals surface area contributed by atoms with Crippen LogP contribution in [-0.2, 0) is 24.4 Å². The fourth-order valence-corrected chi connectivity index (χ4v) is 5.15. The Bertz CT molecular complexity index is 1380. The van der Waals surface area contributed by atoms with Crippen LogP contribution >= 0.6 is 0 Å². The van der Waals surface area contributed by atoms with E-state index < -0.39 is 6.10 Å². The van der Waals surface area contributed by atoms with Crippen LogP contribution in [0.4, 0.5) is 0 Å². The third-order valence-electron chi connectivity index (χ3n) is 7.74. The molecule has 6 heteroatoms. The summed E-state index contributed by atoms with van der Waals surface area (Å²) >= 11 is 0. The molecular weight excluding hydrogens is 550 g/mol. The lowest BCUT2D eigenvalue weighted by Crippen LogP contribution is -2.22. The lowest BCUT2D eigenvalue weighted by atomic mass is 10.0. The Balaban J connectivity index is 1.02. The van der Waals surface area contributed by atoms with E-state index in [2.05, 4.69) is 59.9 Å². The molecule has 0 saturated carbocycles. The molecule has 0 aliphatic heterocycles. The highest BCUT2D eigenvalue weighted by atomic mass is 16.5. The zero-order chi connectivity index (χ0) is 30.8. The molecule has 0 aliphatic carbocycles. The van der Waals surface area contributed by atoms with Gasteiger partial charge in [-0.2, -0.15) is 0 Å². The number of phenols is 1. The molecule has 4 aromatic rings. The van der Waals surface area contributed by atoms with Crippen LogP contribution in [0.1, 0.15) is 66.9 Å². The van der Waals surface area contributed by atoms with Crippen molar-refractivity contribution in [2.24, 2.45) is 0 Å². The van der Waals surface area contributed by atoms with E-state index in [4.69, 9.17) is 9.47 Å². The summed E-state index contributed by atoms with van der Waals surface area (Å²) in [5.74, 6) is 0.927. The SMILES string of the molecule is OCc1cc([C@@H](O)CNCCCCCCOCCCCc2cccc(-c3cccc(OCc4ccccc4)c3)c2)ccc1O. The van der Waals surface area contributed by atoms with Crippen LogP contribution in [0.25, 0.3) is 11.1 Å². The van der Waals surface area contributed by atoms with Crippen LogP contribution in [-0.4, -0.2) is 41.6 Å². The van der Waals surface area contributed by atoms with Gasteiger partial charge in [0.05, 0.1) is 12.7 Å². The third kappa shape index (κ3) is 11.4. The molecule has 44 heavy (non-hydrogen) atoms. The maximum atomic E-state index is 10.3. The molecular formula is C38H47NO5. The molecule has 4 aromatic carbocycles. The smallest absolute Gasteiger partial charge is 0.121 e. The highest BCUT2D eigenvalue weighted by Gasteiger charge is 2.10. The number of nitrogens with one attached hydrogen (secondary N) is 1. The average Bonchev–Trinajstić information content (AvgIpc) is 3.06. The molecule has 0 amide bonds. The predicted octanol–water partition coefficient (Wildman–Crippen LogP) is 7.35. The van der Waals surface area contributed by atoms with E-state index in [0.29, 0.717) is 24.3 Å². The lowest BCUT2D eigenvalue weighted by molar-refractivity contribution is 0.126. The van der Waals surface area contributed by atoms with Gasteiger partial charge in [-0.15, -0.1) is 0 Å². The van der Waals surface area contributed by atoms with E-state index in [0.717, 1.165) is 76.0 Å². The Morgan fingerprint density at radius 2 is 1.41 bits per heavy atom. The van der Waals surface area contributed by atoms with Gasteiger partial charge in [0.15, 0.2) is 0 Å². The van der Waals surface area contributed by atoms with Gasteiger partial charge in [-0.3, -0.25) is 0 Å². The van der Waals surface area contributed by atoms with E-state index in [9.17, 15) is 15.3 Å². The molecule has 0 spiro atoms. The second-order valence-electron chi connectivity index (χ2n) is 11.3. The molecule has 0 saturated heterocycles.